The molecule has 0 atom stereocenters. The number of likely N-dealkylation sites (tertiary alicyclic amines) is 1. The zero-order valence-corrected chi connectivity index (χ0v) is 16.9. The molecule has 0 amide bonds. The van der Waals surface area contributed by atoms with Gasteiger partial charge in [0, 0.05) is 24.0 Å². The number of aromatic amines is 1. The molecule has 0 unspecified atom stereocenters. The molecule has 1 aliphatic heterocycles. The van der Waals surface area contributed by atoms with Crippen LogP contribution in [0.5, 0.6) is 5.88 Å². The van der Waals surface area contributed by atoms with Gasteiger partial charge in [-0.1, -0.05) is 0 Å². The van der Waals surface area contributed by atoms with E-state index in [-0.39, 0.29) is 29.4 Å². The normalized spacial score (nSPS) is 18.2. The van der Waals surface area contributed by atoms with Crippen LogP contribution in [0.2, 0.25) is 0 Å². The number of benzene rings is 1. The van der Waals surface area contributed by atoms with Gasteiger partial charge in [-0.15, -0.1) is 0 Å². The van der Waals surface area contributed by atoms with Crippen LogP contribution in [-0.2, 0) is 14.8 Å². The Morgan fingerprint density at radius 1 is 1.41 bits per heavy atom. The van der Waals surface area contributed by atoms with Crippen LogP contribution in [0.15, 0.2) is 18.2 Å². The number of aromatic nitrogens is 1. The van der Waals surface area contributed by atoms with Gasteiger partial charge in [-0.05, 0) is 50.0 Å². The number of piperidine rings is 1. The molecule has 1 fully saturated rings. The number of esters is 1. The molecule has 29 heavy (non-hydrogen) atoms. The van der Waals surface area contributed by atoms with Gasteiger partial charge in [-0.2, -0.15) is 0 Å². The molecule has 0 saturated carbocycles. The number of H-pyrrole nitrogens is 1. The minimum Gasteiger partial charge on any atom is -0.482 e. The molecule has 1 aliphatic rings. The summed E-state index contributed by atoms with van der Waals surface area (Å²) in [4.78, 5) is 17.6. The Labute approximate surface area is 173 Å². The van der Waals surface area contributed by atoms with Crippen molar-refractivity contribution in [3.8, 4) is 5.88 Å². The standard InChI is InChI=1S/C19H26FN3O5S/c1-27-18-17(15-11-14(20)3-4-16(15)22-18)19(24)28-12-13-5-8-23(9-6-13)10-7-21-29(2,25)26/h3-4,11,13,21-22H,5-10,12H2,1-2H3/i1D3. The molecular formula is C19H26FN3O5S. The average Bonchev–Trinajstić information content (AvgIpc) is 3.01. The molecule has 2 N–H and O–H groups in total. The van der Waals surface area contributed by atoms with E-state index in [1.165, 1.54) is 12.1 Å². The third-order valence-corrected chi connectivity index (χ3v) is 5.71. The van der Waals surface area contributed by atoms with Gasteiger partial charge in [0.15, 0.2) is 0 Å². The summed E-state index contributed by atoms with van der Waals surface area (Å²) in [5, 5.41) is 0.183. The van der Waals surface area contributed by atoms with Crippen molar-refractivity contribution >= 4 is 26.9 Å². The highest BCUT2D eigenvalue weighted by Gasteiger charge is 2.24. The minimum absolute atomic E-state index is 0.104. The molecule has 160 valence electrons. The largest absolute Gasteiger partial charge is 0.482 e. The molecule has 2 heterocycles. The molecule has 1 saturated heterocycles. The molecule has 0 aliphatic carbocycles. The summed E-state index contributed by atoms with van der Waals surface area (Å²) in [7, 11) is -6.01. The first-order chi connectivity index (χ1) is 14.9. The molecule has 10 heteroatoms. The molecule has 3 rings (SSSR count). The molecule has 0 spiro atoms. The van der Waals surface area contributed by atoms with Crippen molar-refractivity contribution in [1.82, 2.24) is 14.6 Å². The van der Waals surface area contributed by atoms with Crippen molar-refractivity contribution in [2.24, 2.45) is 5.92 Å². The summed E-state index contributed by atoms with van der Waals surface area (Å²) >= 11 is 0. The third kappa shape index (κ3) is 5.68. The maximum atomic E-state index is 13.7. The van der Waals surface area contributed by atoms with Crippen LogP contribution in [-0.4, -0.2) is 70.4 Å². The summed E-state index contributed by atoms with van der Waals surface area (Å²) in [5.74, 6) is -1.56. The lowest BCUT2D eigenvalue weighted by Gasteiger charge is -2.31. The van der Waals surface area contributed by atoms with E-state index in [9.17, 15) is 17.6 Å². The van der Waals surface area contributed by atoms with Crippen LogP contribution in [0.25, 0.3) is 10.9 Å². The van der Waals surface area contributed by atoms with Gasteiger partial charge in [-0.3, -0.25) is 0 Å². The first kappa shape index (κ1) is 17.7. The second-order valence-corrected chi connectivity index (χ2v) is 9.00. The zero-order valence-electron chi connectivity index (χ0n) is 19.0. The summed E-state index contributed by atoms with van der Waals surface area (Å²) in [6.07, 6.45) is 2.63. The van der Waals surface area contributed by atoms with Crippen molar-refractivity contribution < 1.29 is 31.2 Å². The van der Waals surface area contributed by atoms with Gasteiger partial charge in [0.05, 0.1) is 24.0 Å². The van der Waals surface area contributed by atoms with Crippen molar-refractivity contribution in [3.05, 3.63) is 29.6 Å². The van der Waals surface area contributed by atoms with Crippen LogP contribution in [0.4, 0.5) is 4.39 Å². The van der Waals surface area contributed by atoms with Crippen molar-refractivity contribution in [2.45, 2.75) is 12.8 Å². The number of nitrogens with one attached hydrogen (secondary N) is 2. The van der Waals surface area contributed by atoms with Gasteiger partial charge >= 0.3 is 5.97 Å². The van der Waals surface area contributed by atoms with Crippen molar-refractivity contribution in [3.63, 3.8) is 0 Å². The van der Waals surface area contributed by atoms with Crippen LogP contribution < -0.4 is 9.46 Å². The number of ether oxygens (including phenoxy) is 2. The fourth-order valence-corrected chi connectivity index (χ4v) is 3.91. The summed E-state index contributed by atoms with van der Waals surface area (Å²) in [5.41, 5.74) is 0.202. The first-order valence-electron chi connectivity index (χ1n) is 10.8. The Balaban J connectivity index is 1.59. The van der Waals surface area contributed by atoms with Crippen molar-refractivity contribution in [1.29, 1.82) is 0 Å². The number of fused-ring (bicyclic) bond motifs is 1. The van der Waals surface area contributed by atoms with E-state index in [1.807, 2.05) is 0 Å². The molecule has 1 aromatic heterocycles. The third-order valence-electron chi connectivity index (χ3n) is 4.98. The minimum atomic E-state index is -3.21. The van der Waals surface area contributed by atoms with Crippen LogP contribution in [0.3, 0.4) is 0 Å². The fraction of sp³-hybridized carbons (Fsp3) is 0.526. The Kier molecular flexibility index (Phi) is 5.54. The highest BCUT2D eigenvalue weighted by molar-refractivity contribution is 7.88. The average molecular weight is 431 g/mol. The lowest BCUT2D eigenvalue weighted by Crippen LogP contribution is -2.40. The number of methoxy groups -OCH3 is 1. The Morgan fingerprint density at radius 2 is 2.17 bits per heavy atom. The number of rotatable bonds is 8. The maximum Gasteiger partial charge on any atom is 0.344 e. The number of nitrogens with zero attached hydrogens (tertiary/aromatic N) is 1. The highest BCUT2D eigenvalue weighted by Crippen LogP contribution is 2.29. The van der Waals surface area contributed by atoms with Crippen molar-refractivity contribution in [2.75, 3.05) is 46.1 Å². The van der Waals surface area contributed by atoms with E-state index in [1.54, 1.807) is 0 Å². The summed E-state index contributed by atoms with van der Waals surface area (Å²) < 4.78 is 70.7. The number of hydrogen-bond acceptors (Lipinski definition) is 6. The summed E-state index contributed by atoms with van der Waals surface area (Å²) in [6, 6.07) is 3.70. The van der Waals surface area contributed by atoms with Crippen LogP contribution in [0.1, 0.15) is 27.3 Å². The number of hydrogen-bond donors (Lipinski definition) is 2. The number of halogens is 1. The van der Waals surface area contributed by atoms with Gasteiger partial charge < -0.3 is 19.4 Å². The molecular weight excluding hydrogens is 401 g/mol. The molecule has 2 aromatic rings. The fourth-order valence-electron chi connectivity index (χ4n) is 3.45. The number of carbonyl (C=O) groups excluding carboxylic acids is 1. The molecule has 8 nitrogen and oxygen atoms in total. The van der Waals surface area contributed by atoms with Crippen LogP contribution >= 0.6 is 0 Å². The Morgan fingerprint density at radius 3 is 2.86 bits per heavy atom. The van der Waals surface area contributed by atoms with Crippen LogP contribution in [0, 0.1) is 11.7 Å². The van der Waals surface area contributed by atoms with E-state index in [0.29, 0.717) is 18.6 Å². The van der Waals surface area contributed by atoms with E-state index in [0.717, 1.165) is 38.3 Å². The molecule has 1 aromatic carbocycles. The number of sulfonamides is 1. The second-order valence-electron chi connectivity index (χ2n) is 7.17. The lowest BCUT2D eigenvalue weighted by molar-refractivity contribution is 0.0373. The topological polar surface area (TPSA) is 101 Å². The summed E-state index contributed by atoms with van der Waals surface area (Å²) in [6.45, 7) is 2.53. The monoisotopic (exact) mass is 430 g/mol. The zero-order chi connectivity index (χ0) is 23.5. The first-order valence-corrected chi connectivity index (χ1v) is 11.1. The van der Waals surface area contributed by atoms with E-state index >= 15 is 0 Å². The van der Waals surface area contributed by atoms with E-state index < -0.39 is 28.8 Å². The maximum absolute atomic E-state index is 13.7. The van der Waals surface area contributed by atoms with Gasteiger partial charge in [0.1, 0.15) is 11.4 Å². The van der Waals surface area contributed by atoms with Gasteiger partial charge in [0.2, 0.25) is 15.9 Å². The molecule has 0 radical (unpaired) electrons. The van der Waals surface area contributed by atoms with E-state index in [4.69, 9.17) is 13.6 Å². The van der Waals surface area contributed by atoms with Gasteiger partial charge in [-0.25, -0.2) is 22.3 Å². The quantitative estimate of drug-likeness (QED) is 0.619. The smallest absolute Gasteiger partial charge is 0.344 e. The predicted octanol–water partition coefficient (Wildman–Crippen LogP) is 1.73. The highest BCUT2D eigenvalue weighted by atomic mass is 32.2. The van der Waals surface area contributed by atoms with Gasteiger partial charge in [0.25, 0.3) is 0 Å². The Hall–Kier alpha value is -2.17. The SMILES string of the molecule is [2H]C([2H])([2H])Oc1[nH]c2ccc(F)cc2c1C(=O)OCC1CCN(CCNS(C)(=O)=O)CC1. The second kappa shape index (κ2) is 9.10. The lowest BCUT2D eigenvalue weighted by atomic mass is 9.98. The molecule has 0 bridgehead atoms. The predicted molar refractivity (Wildman–Crippen MR) is 107 cm³/mol. The Bertz CT molecular complexity index is 1070. The van der Waals surface area contributed by atoms with E-state index in [2.05, 4.69) is 14.6 Å². The number of carbonyl (C=O) groups is 1.